The van der Waals surface area contributed by atoms with Crippen LogP contribution >= 0.6 is 11.8 Å². The van der Waals surface area contributed by atoms with Crippen molar-refractivity contribution in [1.82, 2.24) is 5.43 Å². The molecule has 0 aliphatic carbocycles. The zero-order valence-electron chi connectivity index (χ0n) is 18.1. The van der Waals surface area contributed by atoms with Crippen LogP contribution in [-0.2, 0) is 0 Å². The Hall–Kier alpha value is -3.25. The van der Waals surface area contributed by atoms with Crippen LogP contribution in [0.4, 0.5) is 10.5 Å². The fourth-order valence-electron chi connectivity index (χ4n) is 3.15. The average molecular weight is 433 g/mol. The number of primary amides is 1. The van der Waals surface area contributed by atoms with Gasteiger partial charge in [-0.25, -0.2) is 10.2 Å². The second kappa shape index (κ2) is 10.7. The predicted octanol–water partition coefficient (Wildman–Crippen LogP) is 5.36. The summed E-state index contributed by atoms with van der Waals surface area (Å²) in [6.45, 7) is 2.04. The predicted molar refractivity (Wildman–Crippen MR) is 131 cm³/mol. The third-order valence-corrected chi connectivity index (χ3v) is 6.14. The molecule has 0 unspecified atom stereocenters. The van der Waals surface area contributed by atoms with Crippen molar-refractivity contribution < 1.29 is 4.79 Å². The van der Waals surface area contributed by atoms with Crippen molar-refractivity contribution in [2.75, 3.05) is 19.0 Å². The number of nitrogens with one attached hydrogen (secondary N) is 1. The van der Waals surface area contributed by atoms with Crippen molar-refractivity contribution in [1.29, 1.82) is 0 Å². The number of hydrogen-bond donors (Lipinski definition) is 2. The van der Waals surface area contributed by atoms with Gasteiger partial charge in [0, 0.05) is 36.3 Å². The van der Waals surface area contributed by atoms with Crippen LogP contribution < -0.4 is 16.1 Å². The van der Waals surface area contributed by atoms with E-state index in [-0.39, 0.29) is 5.25 Å². The van der Waals surface area contributed by atoms with Crippen LogP contribution in [0.1, 0.15) is 28.4 Å². The molecule has 0 saturated carbocycles. The highest BCUT2D eigenvalue weighted by molar-refractivity contribution is 7.99. The number of anilines is 1. The van der Waals surface area contributed by atoms with E-state index in [0.29, 0.717) is 6.42 Å². The number of nitrogens with two attached hydrogens (primary N) is 1. The average Bonchev–Trinajstić information content (AvgIpc) is 2.77. The molecular formula is C25H28N4OS. The minimum atomic E-state index is -0.674. The monoisotopic (exact) mass is 432 g/mol. The van der Waals surface area contributed by atoms with Crippen molar-refractivity contribution in [3.63, 3.8) is 0 Å². The molecule has 160 valence electrons. The molecule has 5 nitrogen and oxygen atoms in total. The van der Waals surface area contributed by atoms with Crippen molar-refractivity contribution in [3.8, 4) is 0 Å². The van der Waals surface area contributed by atoms with E-state index >= 15 is 0 Å². The van der Waals surface area contributed by atoms with Crippen LogP contribution in [0.5, 0.6) is 0 Å². The van der Waals surface area contributed by atoms with Gasteiger partial charge in [-0.2, -0.15) is 5.10 Å². The lowest BCUT2D eigenvalue weighted by Crippen LogP contribution is -2.26. The summed E-state index contributed by atoms with van der Waals surface area (Å²) >= 11 is 1.78. The number of hydrazone groups is 1. The second-order valence-electron chi connectivity index (χ2n) is 7.51. The summed E-state index contributed by atoms with van der Waals surface area (Å²) in [6.07, 6.45) is 0.629. The molecule has 0 fully saturated rings. The van der Waals surface area contributed by atoms with Gasteiger partial charge in [0.2, 0.25) is 0 Å². The van der Waals surface area contributed by atoms with Gasteiger partial charge < -0.3 is 10.6 Å². The van der Waals surface area contributed by atoms with Gasteiger partial charge in [0.15, 0.2) is 0 Å². The summed E-state index contributed by atoms with van der Waals surface area (Å²) in [4.78, 5) is 14.6. The van der Waals surface area contributed by atoms with Crippen molar-refractivity contribution in [2.45, 2.75) is 23.5 Å². The van der Waals surface area contributed by atoms with Crippen LogP contribution in [0.25, 0.3) is 0 Å². The van der Waals surface area contributed by atoms with Gasteiger partial charge in [0.05, 0.1) is 5.71 Å². The zero-order chi connectivity index (χ0) is 22.2. The Morgan fingerprint density at radius 2 is 1.65 bits per heavy atom. The second-order valence-corrected chi connectivity index (χ2v) is 8.79. The van der Waals surface area contributed by atoms with Crippen LogP contribution in [0.15, 0.2) is 88.9 Å². The molecule has 0 aromatic heterocycles. The molecule has 3 aromatic rings. The lowest BCUT2D eigenvalue weighted by atomic mass is 10.0. The highest BCUT2D eigenvalue weighted by Crippen LogP contribution is 2.39. The largest absolute Gasteiger partial charge is 0.378 e. The fraction of sp³-hybridized carbons (Fsp3) is 0.200. The van der Waals surface area contributed by atoms with Crippen LogP contribution in [-0.4, -0.2) is 25.8 Å². The Balaban J connectivity index is 1.96. The number of carbonyl (C=O) groups is 1. The molecule has 0 heterocycles. The smallest absolute Gasteiger partial charge is 0.332 e. The molecule has 2 amide bonds. The number of nitrogens with zero attached hydrogens (tertiary/aromatic N) is 2. The SMILES string of the molecule is Cc1ccc(/C(C[C@H](Sc2ccccc2)c2ccc(N(C)C)cc2)=N/NC(N)=O)cc1. The number of rotatable bonds is 8. The van der Waals surface area contributed by atoms with Crippen molar-refractivity contribution in [3.05, 3.63) is 95.6 Å². The molecule has 3 rings (SSSR count). The van der Waals surface area contributed by atoms with E-state index < -0.39 is 6.03 Å². The number of urea groups is 1. The van der Waals surface area contributed by atoms with Crippen molar-refractivity contribution >= 4 is 29.2 Å². The standard InChI is InChI=1S/C25H28N4OS/c1-18-9-11-19(12-10-18)23(27-28-25(26)30)17-24(31-22-7-5-4-6-8-22)20-13-15-21(16-14-20)29(2)3/h4-16,24H,17H2,1-3H3,(H3,26,28,30)/b27-23+/t24-/m0/s1. The van der Waals surface area contributed by atoms with Crippen LogP contribution in [0.3, 0.4) is 0 Å². The minimum Gasteiger partial charge on any atom is -0.378 e. The van der Waals surface area contributed by atoms with Gasteiger partial charge in [-0.3, -0.25) is 0 Å². The third-order valence-electron chi connectivity index (χ3n) is 4.87. The molecular weight excluding hydrogens is 404 g/mol. The van der Waals surface area contributed by atoms with Gasteiger partial charge >= 0.3 is 6.03 Å². The molecule has 0 saturated heterocycles. The molecule has 0 aliphatic heterocycles. The van der Waals surface area contributed by atoms with E-state index in [1.165, 1.54) is 16.0 Å². The quantitative estimate of drug-likeness (QED) is 0.286. The molecule has 3 N–H and O–H groups in total. The summed E-state index contributed by atoms with van der Waals surface area (Å²) in [5, 5.41) is 4.45. The highest BCUT2D eigenvalue weighted by Gasteiger charge is 2.18. The van der Waals surface area contributed by atoms with E-state index in [9.17, 15) is 4.79 Å². The maximum Gasteiger partial charge on any atom is 0.332 e. The Labute approximate surface area is 188 Å². The topological polar surface area (TPSA) is 70.7 Å². The summed E-state index contributed by atoms with van der Waals surface area (Å²) in [5.74, 6) is 0. The first-order chi connectivity index (χ1) is 14.9. The molecule has 3 aromatic carbocycles. The van der Waals surface area contributed by atoms with E-state index in [2.05, 4.69) is 51.8 Å². The van der Waals surface area contributed by atoms with Gasteiger partial charge in [-0.05, 0) is 42.3 Å². The summed E-state index contributed by atoms with van der Waals surface area (Å²) < 4.78 is 0. The van der Waals surface area contributed by atoms with Gasteiger partial charge in [0.1, 0.15) is 0 Å². The van der Waals surface area contributed by atoms with E-state index in [1.54, 1.807) is 11.8 Å². The Kier molecular flexibility index (Phi) is 7.73. The number of thioether (sulfide) groups is 1. The van der Waals surface area contributed by atoms with Gasteiger partial charge in [-0.1, -0.05) is 60.2 Å². The molecule has 6 heteroatoms. The number of carbonyl (C=O) groups excluding carboxylic acids is 1. The van der Waals surface area contributed by atoms with Crippen LogP contribution in [0.2, 0.25) is 0 Å². The number of aryl methyl sites for hydroxylation is 1. The lowest BCUT2D eigenvalue weighted by molar-refractivity contribution is 0.249. The van der Waals surface area contributed by atoms with E-state index in [0.717, 1.165) is 17.0 Å². The van der Waals surface area contributed by atoms with Crippen molar-refractivity contribution in [2.24, 2.45) is 10.8 Å². The molecule has 0 aliphatic rings. The normalized spacial score (nSPS) is 12.3. The fourth-order valence-corrected chi connectivity index (χ4v) is 4.33. The maximum atomic E-state index is 11.3. The molecule has 1 atom stereocenters. The molecule has 0 spiro atoms. The lowest BCUT2D eigenvalue weighted by Gasteiger charge is -2.20. The number of hydrogen-bond acceptors (Lipinski definition) is 4. The summed E-state index contributed by atoms with van der Waals surface area (Å²) in [6, 6.07) is 26.3. The zero-order valence-corrected chi connectivity index (χ0v) is 18.9. The van der Waals surface area contributed by atoms with Gasteiger partial charge in [-0.15, -0.1) is 11.8 Å². The molecule has 0 bridgehead atoms. The minimum absolute atomic E-state index is 0.105. The molecule has 0 radical (unpaired) electrons. The number of amides is 2. The van der Waals surface area contributed by atoms with E-state index in [1.807, 2.05) is 63.5 Å². The first kappa shape index (κ1) is 22.4. The highest BCUT2D eigenvalue weighted by atomic mass is 32.2. The Bertz CT molecular complexity index is 1020. The number of benzene rings is 3. The van der Waals surface area contributed by atoms with Crippen LogP contribution in [0, 0.1) is 6.92 Å². The summed E-state index contributed by atoms with van der Waals surface area (Å²) in [5.41, 5.74) is 13.0. The summed E-state index contributed by atoms with van der Waals surface area (Å²) in [7, 11) is 4.06. The Morgan fingerprint density at radius 3 is 2.23 bits per heavy atom. The first-order valence-electron chi connectivity index (χ1n) is 10.1. The maximum absolute atomic E-state index is 11.3. The molecule has 31 heavy (non-hydrogen) atoms. The van der Waals surface area contributed by atoms with E-state index in [4.69, 9.17) is 5.73 Å². The van der Waals surface area contributed by atoms with Gasteiger partial charge in [0.25, 0.3) is 0 Å². The first-order valence-corrected chi connectivity index (χ1v) is 11.0. The Morgan fingerprint density at radius 1 is 1.00 bits per heavy atom. The third kappa shape index (κ3) is 6.62.